The molecule has 2 unspecified atom stereocenters. The predicted molar refractivity (Wildman–Crippen MR) is 69.2 cm³/mol. The highest BCUT2D eigenvalue weighted by atomic mass is 16.5. The van der Waals surface area contributed by atoms with Gasteiger partial charge in [-0.05, 0) is 49.4 Å². The summed E-state index contributed by atoms with van der Waals surface area (Å²) in [6, 6.07) is 7.60. The number of benzene rings is 1. The van der Waals surface area contributed by atoms with Crippen molar-refractivity contribution in [3.63, 3.8) is 0 Å². The van der Waals surface area contributed by atoms with Crippen LogP contribution in [0.25, 0.3) is 0 Å². The summed E-state index contributed by atoms with van der Waals surface area (Å²) in [5.41, 5.74) is 6.29. The van der Waals surface area contributed by atoms with Gasteiger partial charge in [0.15, 0.2) is 6.61 Å². The van der Waals surface area contributed by atoms with Gasteiger partial charge in [0.2, 0.25) is 0 Å². The van der Waals surface area contributed by atoms with Crippen molar-refractivity contribution in [2.45, 2.75) is 25.3 Å². The lowest BCUT2D eigenvalue weighted by molar-refractivity contribution is -0.135. The molecule has 1 aromatic carbocycles. The minimum atomic E-state index is 0.110. The molecule has 0 spiro atoms. The number of anilines is 1. The van der Waals surface area contributed by atoms with Gasteiger partial charge in [-0.2, -0.15) is 0 Å². The molecule has 1 aliphatic carbocycles. The molecule has 0 aromatic heterocycles. The molecule has 0 radical (unpaired) electrons. The standard InChI is InChI=1S/C14H18N2O2/c15-11-2-5-13(6-3-11)18-9-14(17)16-8-10-1-4-12(16)7-10/h2-3,5-6,10,12H,1,4,7-9,15H2. The van der Waals surface area contributed by atoms with E-state index < -0.39 is 0 Å². The first-order valence-corrected chi connectivity index (χ1v) is 6.50. The van der Waals surface area contributed by atoms with E-state index in [1.807, 2.05) is 4.90 Å². The SMILES string of the molecule is Nc1ccc(OCC(=O)N2CC3CCC2C3)cc1. The fraction of sp³-hybridized carbons (Fsp3) is 0.500. The second-order valence-electron chi connectivity index (χ2n) is 5.24. The molecule has 2 N–H and O–H groups in total. The molecule has 2 aliphatic rings. The van der Waals surface area contributed by atoms with Crippen LogP contribution < -0.4 is 10.5 Å². The average Bonchev–Trinajstić information content (AvgIpc) is 3.00. The van der Waals surface area contributed by atoms with Crippen molar-refractivity contribution in [1.29, 1.82) is 0 Å². The first kappa shape index (κ1) is 11.4. The minimum Gasteiger partial charge on any atom is -0.484 e. The minimum absolute atomic E-state index is 0.110. The van der Waals surface area contributed by atoms with E-state index in [9.17, 15) is 4.79 Å². The van der Waals surface area contributed by atoms with Crippen molar-refractivity contribution in [2.75, 3.05) is 18.9 Å². The third kappa shape index (κ3) is 2.15. The second-order valence-corrected chi connectivity index (χ2v) is 5.24. The van der Waals surface area contributed by atoms with Gasteiger partial charge in [0, 0.05) is 18.3 Å². The van der Waals surface area contributed by atoms with Crippen molar-refractivity contribution in [1.82, 2.24) is 4.90 Å². The molecule has 4 heteroatoms. The molecule has 2 bridgehead atoms. The van der Waals surface area contributed by atoms with E-state index in [-0.39, 0.29) is 12.5 Å². The van der Waals surface area contributed by atoms with Crippen LogP contribution in [0.4, 0.5) is 5.69 Å². The number of piperidine rings is 1. The predicted octanol–water partition coefficient (Wildman–Crippen LogP) is 1.66. The first-order valence-electron chi connectivity index (χ1n) is 6.50. The smallest absolute Gasteiger partial charge is 0.260 e. The van der Waals surface area contributed by atoms with Crippen LogP contribution in [0.1, 0.15) is 19.3 Å². The van der Waals surface area contributed by atoms with Gasteiger partial charge in [-0.25, -0.2) is 0 Å². The van der Waals surface area contributed by atoms with Gasteiger partial charge in [-0.15, -0.1) is 0 Å². The van der Waals surface area contributed by atoms with E-state index >= 15 is 0 Å². The number of nitrogen functional groups attached to an aromatic ring is 1. The quantitative estimate of drug-likeness (QED) is 0.825. The molecule has 1 heterocycles. The largest absolute Gasteiger partial charge is 0.484 e. The Morgan fingerprint density at radius 2 is 2.11 bits per heavy atom. The zero-order chi connectivity index (χ0) is 12.5. The van der Waals surface area contributed by atoms with Gasteiger partial charge in [0.25, 0.3) is 5.91 Å². The number of carbonyl (C=O) groups is 1. The molecule has 1 amide bonds. The average molecular weight is 246 g/mol. The van der Waals surface area contributed by atoms with Crippen LogP contribution in [-0.4, -0.2) is 30.0 Å². The summed E-state index contributed by atoms with van der Waals surface area (Å²) in [5.74, 6) is 1.54. The fourth-order valence-corrected chi connectivity index (χ4v) is 3.02. The Bertz CT molecular complexity index is 444. The summed E-state index contributed by atoms with van der Waals surface area (Å²) in [4.78, 5) is 14.0. The Hall–Kier alpha value is -1.71. The molecule has 4 nitrogen and oxygen atoms in total. The van der Waals surface area contributed by atoms with Crippen molar-refractivity contribution in [2.24, 2.45) is 5.92 Å². The Morgan fingerprint density at radius 1 is 1.33 bits per heavy atom. The summed E-state index contributed by atoms with van der Waals surface area (Å²) in [6.45, 7) is 1.06. The highest BCUT2D eigenvalue weighted by Gasteiger charge is 2.40. The summed E-state index contributed by atoms with van der Waals surface area (Å²) < 4.78 is 5.50. The molecule has 1 aromatic rings. The highest BCUT2D eigenvalue weighted by Crippen LogP contribution is 2.37. The number of hydrogen-bond donors (Lipinski definition) is 1. The monoisotopic (exact) mass is 246 g/mol. The van der Waals surface area contributed by atoms with Gasteiger partial charge in [0.1, 0.15) is 5.75 Å². The zero-order valence-corrected chi connectivity index (χ0v) is 10.3. The molecule has 1 saturated heterocycles. The lowest BCUT2D eigenvalue weighted by atomic mass is 10.1. The molecule has 3 rings (SSSR count). The topological polar surface area (TPSA) is 55.6 Å². The Balaban J connectivity index is 1.54. The van der Waals surface area contributed by atoms with Crippen LogP contribution >= 0.6 is 0 Å². The molecular formula is C14H18N2O2. The molecule has 96 valence electrons. The number of likely N-dealkylation sites (tertiary alicyclic amines) is 1. The van der Waals surface area contributed by atoms with Crippen LogP contribution in [0.2, 0.25) is 0 Å². The number of fused-ring (bicyclic) bond motifs is 2. The first-order chi connectivity index (χ1) is 8.72. The van der Waals surface area contributed by atoms with Crippen LogP contribution in [0.5, 0.6) is 5.75 Å². The summed E-state index contributed by atoms with van der Waals surface area (Å²) in [5, 5.41) is 0. The Kier molecular flexibility index (Phi) is 2.86. The highest BCUT2D eigenvalue weighted by molar-refractivity contribution is 5.78. The van der Waals surface area contributed by atoms with E-state index in [0.717, 1.165) is 18.9 Å². The number of ether oxygens (including phenoxy) is 1. The third-order valence-electron chi connectivity index (χ3n) is 3.97. The van der Waals surface area contributed by atoms with Crippen LogP contribution in [-0.2, 0) is 4.79 Å². The van der Waals surface area contributed by atoms with E-state index in [0.29, 0.717) is 17.5 Å². The molecule has 18 heavy (non-hydrogen) atoms. The molecule has 1 saturated carbocycles. The van der Waals surface area contributed by atoms with Gasteiger partial charge < -0.3 is 15.4 Å². The molecule has 2 fully saturated rings. The number of nitrogens with two attached hydrogens (primary N) is 1. The zero-order valence-electron chi connectivity index (χ0n) is 10.3. The van der Waals surface area contributed by atoms with Gasteiger partial charge in [-0.1, -0.05) is 0 Å². The maximum Gasteiger partial charge on any atom is 0.260 e. The fourth-order valence-electron chi connectivity index (χ4n) is 3.02. The summed E-state index contributed by atoms with van der Waals surface area (Å²) >= 11 is 0. The van der Waals surface area contributed by atoms with Gasteiger partial charge in [0.05, 0.1) is 0 Å². The van der Waals surface area contributed by atoms with Gasteiger partial charge >= 0.3 is 0 Å². The van der Waals surface area contributed by atoms with Crippen LogP contribution in [0.3, 0.4) is 0 Å². The maximum atomic E-state index is 12.1. The lowest BCUT2D eigenvalue weighted by Crippen LogP contribution is -2.40. The van der Waals surface area contributed by atoms with Crippen LogP contribution in [0, 0.1) is 5.92 Å². The summed E-state index contributed by atoms with van der Waals surface area (Å²) in [7, 11) is 0. The van der Waals surface area contributed by atoms with Crippen molar-refractivity contribution in [3.8, 4) is 5.75 Å². The van der Waals surface area contributed by atoms with Crippen molar-refractivity contribution < 1.29 is 9.53 Å². The number of rotatable bonds is 3. The number of carbonyl (C=O) groups excluding carboxylic acids is 1. The van der Waals surface area contributed by atoms with E-state index in [1.165, 1.54) is 12.8 Å². The van der Waals surface area contributed by atoms with Crippen molar-refractivity contribution in [3.05, 3.63) is 24.3 Å². The van der Waals surface area contributed by atoms with Crippen molar-refractivity contribution >= 4 is 11.6 Å². The van der Waals surface area contributed by atoms with E-state index in [1.54, 1.807) is 24.3 Å². The van der Waals surface area contributed by atoms with E-state index in [4.69, 9.17) is 10.5 Å². The number of amides is 1. The molecule has 1 aliphatic heterocycles. The number of hydrogen-bond acceptors (Lipinski definition) is 3. The van der Waals surface area contributed by atoms with Gasteiger partial charge in [-0.3, -0.25) is 4.79 Å². The van der Waals surface area contributed by atoms with E-state index in [2.05, 4.69) is 0 Å². The third-order valence-corrected chi connectivity index (χ3v) is 3.97. The normalized spacial score (nSPS) is 25.4. The lowest BCUT2D eigenvalue weighted by Gasteiger charge is -2.26. The van der Waals surface area contributed by atoms with Crippen LogP contribution in [0.15, 0.2) is 24.3 Å². The second kappa shape index (κ2) is 4.52. The molecular weight excluding hydrogens is 228 g/mol. The Morgan fingerprint density at radius 3 is 2.72 bits per heavy atom. The molecule has 2 atom stereocenters. The number of nitrogens with zero attached hydrogens (tertiary/aromatic N) is 1. The maximum absolute atomic E-state index is 12.1. The summed E-state index contributed by atoms with van der Waals surface area (Å²) in [6.07, 6.45) is 3.64. The Labute approximate surface area is 107 Å².